The monoisotopic (exact) mass is 340 g/mol. The number of nitrogens with zero attached hydrogens (tertiary/aromatic N) is 1. The standard InChI is InChI=1S/C13H9ClN2O3S2/c14-9-3-1-2-4-10(9)16-21(17,18)13-6-5-12(20-13)11-7-8-15-19-11/h1-8,16H. The van der Waals surface area contributed by atoms with Crippen LogP contribution in [0.2, 0.25) is 5.02 Å². The lowest BCUT2D eigenvalue weighted by atomic mass is 10.3. The molecule has 0 fully saturated rings. The molecule has 0 saturated carbocycles. The van der Waals surface area contributed by atoms with E-state index in [2.05, 4.69) is 9.88 Å². The van der Waals surface area contributed by atoms with Crippen LogP contribution in [0.3, 0.4) is 0 Å². The number of thiophene rings is 1. The molecule has 3 rings (SSSR count). The number of aromatic nitrogens is 1. The Bertz CT molecular complexity index is 857. The van der Waals surface area contributed by atoms with E-state index >= 15 is 0 Å². The summed E-state index contributed by atoms with van der Waals surface area (Å²) in [5.41, 5.74) is 0.341. The molecule has 2 heterocycles. The van der Waals surface area contributed by atoms with E-state index < -0.39 is 10.0 Å². The number of nitrogens with one attached hydrogen (secondary N) is 1. The first-order valence-electron chi connectivity index (χ1n) is 5.84. The van der Waals surface area contributed by atoms with Gasteiger partial charge in [-0.15, -0.1) is 11.3 Å². The van der Waals surface area contributed by atoms with Crippen LogP contribution in [-0.2, 0) is 10.0 Å². The summed E-state index contributed by atoms with van der Waals surface area (Å²) >= 11 is 7.05. The maximum atomic E-state index is 12.3. The lowest BCUT2D eigenvalue weighted by Gasteiger charge is -2.07. The average molecular weight is 341 g/mol. The van der Waals surface area contributed by atoms with E-state index in [0.717, 1.165) is 11.3 Å². The van der Waals surface area contributed by atoms with E-state index in [1.54, 1.807) is 36.4 Å². The van der Waals surface area contributed by atoms with Crippen molar-refractivity contribution in [3.63, 3.8) is 0 Å². The lowest BCUT2D eigenvalue weighted by Crippen LogP contribution is -2.11. The third-order valence-corrected chi connectivity index (χ3v) is 5.93. The van der Waals surface area contributed by atoms with Crippen LogP contribution < -0.4 is 4.72 Å². The van der Waals surface area contributed by atoms with Gasteiger partial charge in [-0.05, 0) is 24.3 Å². The minimum Gasteiger partial charge on any atom is -0.355 e. The highest BCUT2D eigenvalue weighted by molar-refractivity contribution is 7.94. The van der Waals surface area contributed by atoms with Gasteiger partial charge in [0, 0.05) is 6.07 Å². The Labute approximate surface area is 130 Å². The number of halogens is 1. The van der Waals surface area contributed by atoms with Crippen LogP contribution in [0, 0.1) is 0 Å². The molecule has 8 heteroatoms. The van der Waals surface area contributed by atoms with Gasteiger partial charge in [0.05, 0.1) is 21.8 Å². The second-order valence-corrected chi connectivity index (χ2v) is 7.48. The summed E-state index contributed by atoms with van der Waals surface area (Å²) in [6.07, 6.45) is 1.51. The Kier molecular flexibility index (Phi) is 3.71. The smallest absolute Gasteiger partial charge is 0.271 e. The number of hydrogen-bond acceptors (Lipinski definition) is 5. The van der Waals surface area contributed by atoms with Crippen molar-refractivity contribution in [2.24, 2.45) is 0 Å². The molecular formula is C13H9ClN2O3S2. The van der Waals surface area contributed by atoms with E-state index in [4.69, 9.17) is 16.1 Å². The molecule has 108 valence electrons. The van der Waals surface area contributed by atoms with Crippen LogP contribution in [0.4, 0.5) is 5.69 Å². The quantitative estimate of drug-likeness (QED) is 0.782. The lowest BCUT2D eigenvalue weighted by molar-refractivity contribution is 0.433. The number of hydrogen-bond donors (Lipinski definition) is 1. The predicted molar refractivity (Wildman–Crippen MR) is 82.1 cm³/mol. The number of sulfonamides is 1. The van der Waals surface area contributed by atoms with Gasteiger partial charge in [0.25, 0.3) is 10.0 Å². The first-order chi connectivity index (χ1) is 10.1. The molecule has 1 aromatic carbocycles. The Hall–Kier alpha value is -1.83. The minimum atomic E-state index is -3.68. The summed E-state index contributed by atoms with van der Waals surface area (Å²) in [6, 6.07) is 11.5. The number of para-hydroxylation sites is 1. The topological polar surface area (TPSA) is 72.2 Å². The van der Waals surface area contributed by atoms with Gasteiger partial charge in [0.15, 0.2) is 5.76 Å². The van der Waals surface area contributed by atoms with Gasteiger partial charge < -0.3 is 4.52 Å². The van der Waals surface area contributed by atoms with Crippen molar-refractivity contribution in [3.8, 4) is 10.6 Å². The molecule has 0 bridgehead atoms. The van der Waals surface area contributed by atoms with Gasteiger partial charge in [-0.3, -0.25) is 4.72 Å². The molecule has 0 atom stereocenters. The summed E-state index contributed by atoms with van der Waals surface area (Å²) < 4.78 is 32.3. The molecule has 0 spiro atoms. The second-order valence-electron chi connectivity index (χ2n) is 4.08. The van der Waals surface area contributed by atoms with E-state index in [0.29, 0.717) is 21.3 Å². The van der Waals surface area contributed by atoms with E-state index in [9.17, 15) is 8.42 Å². The molecule has 0 aliphatic carbocycles. The highest BCUT2D eigenvalue weighted by atomic mass is 35.5. The fourth-order valence-electron chi connectivity index (χ4n) is 1.68. The van der Waals surface area contributed by atoms with Crippen molar-refractivity contribution in [1.82, 2.24) is 5.16 Å². The molecule has 5 nitrogen and oxygen atoms in total. The molecule has 0 saturated heterocycles. The second kappa shape index (κ2) is 5.51. The Morgan fingerprint density at radius 3 is 2.67 bits per heavy atom. The van der Waals surface area contributed by atoms with Gasteiger partial charge in [-0.25, -0.2) is 8.42 Å². The number of anilines is 1. The molecule has 0 amide bonds. The Balaban J connectivity index is 1.91. The zero-order valence-electron chi connectivity index (χ0n) is 10.5. The van der Waals surface area contributed by atoms with E-state index in [-0.39, 0.29) is 4.21 Å². The molecule has 0 radical (unpaired) electrons. The molecule has 21 heavy (non-hydrogen) atoms. The molecule has 0 unspecified atom stereocenters. The minimum absolute atomic E-state index is 0.175. The summed E-state index contributed by atoms with van der Waals surface area (Å²) in [6.45, 7) is 0. The Morgan fingerprint density at radius 1 is 1.14 bits per heavy atom. The zero-order chi connectivity index (χ0) is 14.9. The summed E-state index contributed by atoms with van der Waals surface area (Å²) in [4.78, 5) is 0.687. The third kappa shape index (κ3) is 2.94. The largest absolute Gasteiger partial charge is 0.355 e. The van der Waals surface area contributed by atoms with Gasteiger partial charge in [0.1, 0.15) is 4.21 Å². The van der Waals surface area contributed by atoms with Crippen LogP contribution in [0.15, 0.2) is 57.4 Å². The first-order valence-corrected chi connectivity index (χ1v) is 8.52. The third-order valence-electron chi connectivity index (χ3n) is 2.65. The van der Waals surface area contributed by atoms with Crippen LogP contribution in [0.5, 0.6) is 0 Å². The molecule has 0 aliphatic rings. The Morgan fingerprint density at radius 2 is 1.95 bits per heavy atom. The highest BCUT2D eigenvalue weighted by Gasteiger charge is 2.19. The maximum absolute atomic E-state index is 12.3. The first kappa shape index (κ1) is 14.1. The van der Waals surface area contributed by atoms with Crippen molar-refractivity contribution in [3.05, 3.63) is 53.7 Å². The maximum Gasteiger partial charge on any atom is 0.271 e. The molecule has 3 aromatic rings. The fraction of sp³-hybridized carbons (Fsp3) is 0. The number of benzene rings is 1. The van der Waals surface area contributed by atoms with Gasteiger partial charge in [-0.1, -0.05) is 28.9 Å². The SMILES string of the molecule is O=S(=O)(Nc1ccccc1Cl)c1ccc(-c2ccno2)s1. The molecule has 2 aromatic heterocycles. The van der Waals surface area contributed by atoms with Crippen molar-refractivity contribution in [2.75, 3.05) is 4.72 Å². The van der Waals surface area contributed by atoms with Crippen LogP contribution in [0.1, 0.15) is 0 Å². The van der Waals surface area contributed by atoms with Crippen molar-refractivity contribution in [1.29, 1.82) is 0 Å². The van der Waals surface area contributed by atoms with E-state index in [1.807, 2.05) is 0 Å². The van der Waals surface area contributed by atoms with Gasteiger partial charge >= 0.3 is 0 Å². The van der Waals surface area contributed by atoms with E-state index in [1.165, 1.54) is 12.3 Å². The molecule has 0 aliphatic heterocycles. The zero-order valence-corrected chi connectivity index (χ0v) is 12.9. The summed E-state index contributed by atoms with van der Waals surface area (Å²) in [7, 11) is -3.68. The number of rotatable bonds is 4. The van der Waals surface area contributed by atoms with Gasteiger partial charge in [-0.2, -0.15) is 0 Å². The highest BCUT2D eigenvalue weighted by Crippen LogP contribution is 2.32. The van der Waals surface area contributed by atoms with Crippen LogP contribution >= 0.6 is 22.9 Å². The van der Waals surface area contributed by atoms with Gasteiger partial charge in [0.2, 0.25) is 0 Å². The summed E-state index contributed by atoms with van der Waals surface area (Å²) in [5, 5.41) is 3.94. The summed E-state index contributed by atoms with van der Waals surface area (Å²) in [5.74, 6) is 0.527. The average Bonchev–Trinajstić information content (AvgIpc) is 3.11. The van der Waals surface area contributed by atoms with Crippen LogP contribution in [0.25, 0.3) is 10.6 Å². The van der Waals surface area contributed by atoms with Crippen molar-refractivity contribution >= 4 is 38.6 Å². The molecule has 1 N–H and O–H groups in total. The van der Waals surface area contributed by atoms with Crippen molar-refractivity contribution < 1.29 is 12.9 Å². The van der Waals surface area contributed by atoms with Crippen molar-refractivity contribution in [2.45, 2.75) is 4.21 Å². The fourth-order valence-corrected chi connectivity index (χ4v) is 4.26. The van der Waals surface area contributed by atoms with Crippen LogP contribution in [-0.4, -0.2) is 13.6 Å². The molecular weight excluding hydrogens is 332 g/mol. The predicted octanol–water partition coefficient (Wildman–Crippen LogP) is 3.86. The normalized spacial score (nSPS) is 11.5.